The Balaban J connectivity index is 2.28. The van der Waals surface area contributed by atoms with Gasteiger partial charge in [-0.25, -0.2) is 0 Å². The summed E-state index contributed by atoms with van der Waals surface area (Å²) in [6, 6.07) is 14.4. The Kier molecular flexibility index (Phi) is 6.09. The van der Waals surface area contributed by atoms with E-state index in [-0.39, 0.29) is 6.04 Å². The zero-order valence-electron chi connectivity index (χ0n) is 12.2. The number of para-hydroxylation sites is 1. The summed E-state index contributed by atoms with van der Waals surface area (Å²) >= 11 is 9.58. The lowest BCUT2D eigenvalue weighted by atomic mass is 9.98. The van der Waals surface area contributed by atoms with Crippen LogP contribution in [-0.2, 0) is 6.42 Å². The summed E-state index contributed by atoms with van der Waals surface area (Å²) in [7, 11) is 1.71. The fraction of sp³-hybridized carbons (Fsp3) is 0.294. The minimum atomic E-state index is 0.222. The van der Waals surface area contributed by atoms with Crippen molar-refractivity contribution in [3.8, 4) is 5.75 Å². The van der Waals surface area contributed by atoms with E-state index in [2.05, 4.69) is 46.4 Å². The molecule has 0 bridgehead atoms. The largest absolute Gasteiger partial charge is 0.496 e. The van der Waals surface area contributed by atoms with Crippen LogP contribution in [0.4, 0.5) is 0 Å². The third-order valence-electron chi connectivity index (χ3n) is 3.41. The molecule has 2 rings (SSSR count). The van der Waals surface area contributed by atoms with Crippen LogP contribution in [-0.4, -0.2) is 13.7 Å². The SMILES string of the molecule is CCNC(Cc1ccccc1OC)c1ccc(Cl)c(Br)c1. The quantitative estimate of drug-likeness (QED) is 0.774. The smallest absolute Gasteiger partial charge is 0.122 e. The average molecular weight is 369 g/mol. The van der Waals surface area contributed by atoms with Gasteiger partial charge in [0.25, 0.3) is 0 Å². The molecule has 112 valence electrons. The van der Waals surface area contributed by atoms with Gasteiger partial charge in [0.2, 0.25) is 0 Å². The van der Waals surface area contributed by atoms with E-state index >= 15 is 0 Å². The summed E-state index contributed by atoms with van der Waals surface area (Å²) in [5, 5.41) is 4.25. The van der Waals surface area contributed by atoms with Crippen molar-refractivity contribution in [1.29, 1.82) is 0 Å². The Morgan fingerprint density at radius 3 is 2.67 bits per heavy atom. The van der Waals surface area contributed by atoms with Gasteiger partial charge in [0.15, 0.2) is 0 Å². The molecule has 0 heterocycles. The number of halogens is 2. The van der Waals surface area contributed by atoms with Crippen LogP contribution < -0.4 is 10.1 Å². The maximum Gasteiger partial charge on any atom is 0.122 e. The standard InChI is InChI=1S/C17H19BrClNO/c1-3-20-16(12-8-9-15(19)14(18)10-12)11-13-6-4-5-7-17(13)21-2/h4-10,16,20H,3,11H2,1-2H3. The first-order valence-corrected chi connectivity index (χ1v) is 8.13. The number of hydrogen-bond acceptors (Lipinski definition) is 2. The summed E-state index contributed by atoms with van der Waals surface area (Å²) in [6.07, 6.45) is 0.867. The van der Waals surface area contributed by atoms with Gasteiger partial charge in [-0.1, -0.05) is 42.8 Å². The van der Waals surface area contributed by atoms with Crippen LogP contribution in [0.25, 0.3) is 0 Å². The van der Waals surface area contributed by atoms with Crippen LogP contribution in [0.15, 0.2) is 46.9 Å². The van der Waals surface area contributed by atoms with Crippen LogP contribution in [0.5, 0.6) is 5.75 Å². The molecule has 1 atom stereocenters. The maximum absolute atomic E-state index is 6.08. The van der Waals surface area contributed by atoms with Gasteiger partial charge < -0.3 is 10.1 Å². The number of benzene rings is 2. The molecule has 2 aromatic rings. The second-order valence-corrected chi connectivity index (χ2v) is 6.06. The second-order valence-electron chi connectivity index (χ2n) is 4.80. The summed E-state index contributed by atoms with van der Waals surface area (Å²) < 4.78 is 6.37. The van der Waals surface area contributed by atoms with Crippen molar-refractivity contribution in [1.82, 2.24) is 5.32 Å². The Bertz CT molecular complexity index is 603. The van der Waals surface area contributed by atoms with Crippen LogP contribution >= 0.6 is 27.5 Å². The summed E-state index contributed by atoms with van der Waals surface area (Å²) in [5.74, 6) is 0.924. The molecule has 2 nitrogen and oxygen atoms in total. The molecule has 1 N–H and O–H groups in total. The molecule has 1 unspecified atom stereocenters. The van der Waals surface area contributed by atoms with Crippen LogP contribution in [0.1, 0.15) is 24.1 Å². The molecule has 0 radical (unpaired) electrons. The van der Waals surface area contributed by atoms with Crippen molar-refractivity contribution >= 4 is 27.5 Å². The molecular formula is C17H19BrClNO. The van der Waals surface area contributed by atoms with E-state index in [9.17, 15) is 0 Å². The molecular weight excluding hydrogens is 350 g/mol. The molecule has 0 spiro atoms. The molecule has 2 aromatic carbocycles. The molecule has 4 heteroatoms. The summed E-state index contributed by atoms with van der Waals surface area (Å²) in [6.45, 7) is 3.01. The molecule has 0 amide bonds. The van der Waals surface area contributed by atoms with Gasteiger partial charge in [0.1, 0.15) is 5.75 Å². The molecule has 0 fully saturated rings. The van der Waals surface area contributed by atoms with Crippen LogP contribution in [0, 0.1) is 0 Å². The van der Waals surface area contributed by atoms with E-state index in [1.165, 1.54) is 11.1 Å². The predicted octanol–water partition coefficient (Wildman–Crippen LogP) is 5.00. The third-order valence-corrected chi connectivity index (χ3v) is 4.63. The minimum absolute atomic E-state index is 0.222. The van der Waals surface area contributed by atoms with Gasteiger partial charge in [-0.15, -0.1) is 0 Å². The van der Waals surface area contributed by atoms with Crippen LogP contribution in [0.3, 0.4) is 0 Å². The number of rotatable bonds is 6. The summed E-state index contributed by atoms with van der Waals surface area (Å²) in [5.41, 5.74) is 2.40. The molecule has 21 heavy (non-hydrogen) atoms. The Morgan fingerprint density at radius 1 is 1.24 bits per heavy atom. The highest BCUT2D eigenvalue weighted by Crippen LogP contribution is 2.29. The Hall–Kier alpha value is -1.03. The van der Waals surface area contributed by atoms with Gasteiger partial charge >= 0.3 is 0 Å². The van der Waals surface area contributed by atoms with Gasteiger partial charge in [-0.2, -0.15) is 0 Å². The Labute approximate surface area is 139 Å². The van der Waals surface area contributed by atoms with Crippen molar-refractivity contribution in [3.63, 3.8) is 0 Å². The van der Waals surface area contributed by atoms with Gasteiger partial charge in [0.05, 0.1) is 12.1 Å². The zero-order valence-corrected chi connectivity index (χ0v) is 14.5. The Morgan fingerprint density at radius 2 is 2.00 bits per heavy atom. The minimum Gasteiger partial charge on any atom is -0.496 e. The van der Waals surface area contributed by atoms with Crippen molar-refractivity contribution in [3.05, 3.63) is 63.1 Å². The van der Waals surface area contributed by atoms with E-state index in [0.717, 1.165) is 28.2 Å². The van der Waals surface area contributed by atoms with Crippen molar-refractivity contribution in [2.45, 2.75) is 19.4 Å². The van der Waals surface area contributed by atoms with Gasteiger partial charge in [0, 0.05) is 10.5 Å². The van der Waals surface area contributed by atoms with E-state index in [0.29, 0.717) is 0 Å². The number of ether oxygens (including phenoxy) is 1. The lowest BCUT2D eigenvalue weighted by molar-refractivity contribution is 0.405. The first-order valence-electron chi connectivity index (χ1n) is 6.96. The highest BCUT2D eigenvalue weighted by molar-refractivity contribution is 9.10. The monoisotopic (exact) mass is 367 g/mol. The van der Waals surface area contributed by atoms with E-state index in [1.807, 2.05) is 24.3 Å². The number of hydrogen-bond donors (Lipinski definition) is 1. The van der Waals surface area contributed by atoms with E-state index in [4.69, 9.17) is 16.3 Å². The molecule has 0 saturated carbocycles. The van der Waals surface area contributed by atoms with E-state index in [1.54, 1.807) is 7.11 Å². The van der Waals surface area contributed by atoms with Gasteiger partial charge in [-0.05, 0) is 58.2 Å². The highest BCUT2D eigenvalue weighted by Gasteiger charge is 2.14. The fourth-order valence-corrected chi connectivity index (χ4v) is 2.89. The topological polar surface area (TPSA) is 21.3 Å². The van der Waals surface area contributed by atoms with Crippen LogP contribution in [0.2, 0.25) is 5.02 Å². The lowest BCUT2D eigenvalue weighted by Gasteiger charge is -2.20. The van der Waals surface area contributed by atoms with Crippen molar-refractivity contribution in [2.24, 2.45) is 0 Å². The number of likely N-dealkylation sites (N-methyl/N-ethyl adjacent to an activating group) is 1. The number of methoxy groups -OCH3 is 1. The first kappa shape index (κ1) is 16.3. The molecule has 0 aliphatic heterocycles. The third kappa shape index (κ3) is 4.22. The van der Waals surface area contributed by atoms with Crippen molar-refractivity contribution < 1.29 is 4.74 Å². The summed E-state index contributed by atoms with van der Waals surface area (Å²) in [4.78, 5) is 0. The van der Waals surface area contributed by atoms with Gasteiger partial charge in [-0.3, -0.25) is 0 Å². The predicted molar refractivity (Wildman–Crippen MR) is 92.3 cm³/mol. The molecule has 0 aliphatic rings. The zero-order chi connectivity index (χ0) is 15.2. The molecule has 0 aromatic heterocycles. The molecule has 0 aliphatic carbocycles. The van der Waals surface area contributed by atoms with Crippen molar-refractivity contribution in [2.75, 3.05) is 13.7 Å². The number of nitrogens with one attached hydrogen (secondary N) is 1. The maximum atomic E-state index is 6.08. The lowest BCUT2D eigenvalue weighted by Crippen LogP contribution is -2.23. The fourth-order valence-electron chi connectivity index (χ4n) is 2.37. The van der Waals surface area contributed by atoms with E-state index < -0.39 is 0 Å². The molecule has 0 saturated heterocycles. The first-order chi connectivity index (χ1) is 10.2. The highest BCUT2D eigenvalue weighted by atomic mass is 79.9. The average Bonchev–Trinajstić information content (AvgIpc) is 2.50. The second kappa shape index (κ2) is 7.83. The normalized spacial score (nSPS) is 12.2.